The molecule has 33 heavy (non-hydrogen) atoms. The van der Waals surface area contributed by atoms with Crippen LogP contribution in [0.25, 0.3) is 17.4 Å². The third kappa shape index (κ3) is 5.15. The third-order valence-electron chi connectivity index (χ3n) is 5.15. The summed E-state index contributed by atoms with van der Waals surface area (Å²) in [5.41, 5.74) is 1.66. The number of ether oxygens (including phenoxy) is 1. The van der Waals surface area contributed by atoms with Gasteiger partial charge in [-0.3, -0.25) is 24.1 Å². The fourth-order valence-corrected chi connectivity index (χ4v) is 3.37. The van der Waals surface area contributed by atoms with E-state index in [1.165, 1.54) is 19.9 Å². The van der Waals surface area contributed by atoms with Crippen LogP contribution in [0, 0.1) is 11.3 Å². The van der Waals surface area contributed by atoms with Crippen LogP contribution in [0.3, 0.4) is 0 Å². The van der Waals surface area contributed by atoms with Gasteiger partial charge in [-0.15, -0.1) is 0 Å². The first-order chi connectivity index (χ1) is 15.7. The van der Waals surface area contributed by atoms with Crippen molar-refractivity contribution in [2.45, 2.75) is 27.2 Å². The predicted molar refractivity (Wildman–Crippen MR) is 118 cm³/mol. The molecule has 0 bridgehead atoms. The van der Waals surface area contributed by atoms with Crippen molar-refractivity contribution in [2.24, 2.45) is 0 Å². The maximum Gasteiger partial charge on any atom is 0.302 e. The zero-order chi connectivity index (χ0) is 24.1. The van der Waals surface area contributed by atoms with Crippen molar-refractivity contribution < 1.29 is 28.3 Å². The van der Waals surface area contributed by atoms with Crippen molar-refractivity contribution in [3.8, 4) is 17.4 Å². The number of benzene rings is 1. The zero-order valence-electron chi connectivity index (χ0n) is 18.5. The molecule has 0 N–H and O–H groups in total. The Morgan fingerprint density at radius 3 is 2.39 bits per heavy atom. The van der Waals surface area contributed by atoms with Gasteiger partial charge in [0.05, 0.1) is 6.61 Å². The topological polar surface area (TPSA) is 118 Å². The van der Waals surface area contributed by atoms with Gasteiger partial charge in [0.1, 0.15) is 23.2 Å². The molecular formula is C25H22N2O6. The molecule has 1 aliphatic rings. The van der Waals surface area contributed by atoms with Gasteiger partial charge in [-0.05, 0) is 44.1 Å². The van der Waals surface area contributed by atoms with E-state index < -0.39 is 17.8 Å². The van der Waals surface area contributed by atoms with Crippen LogP contribution in [-0.4, -0.2) is 41.6 Å². The van der Waals surface area contributed by atoms with Crippen molar-refractivity contribution in [1.82, 2.24) is 4.90 Å². The van der Waals surface area contributed by atoms with Crippen molar-refractivity contribution in [2.75, 3.05) is 13.2 Å². The highest BCUT2D eigenvalue weighted by molar-refractivity contribution is 6.19. The molecule has 0 saturated heterocycles. The summed E-state index contributed by atoms with van der Waals surface area (Å²) in [5, 5.41) is 9.47. The number of esters is 1. The van der Waals surface area contributed by atoms with Gasteiger partial charge in [0.25, 0.3) is 11.8 Å². The lowest BCUT2D eigenvalue weighted by atomic mass is 9.94. The van der Waals surface area contributed by atoms with Crippen LogP contribution in [0.1, 0.15) is 43.3 Å². The second kappa shape index (κ2) is 9.92. The Balaban J connectivity index is 1.88. The fourth-order valence-electron chi connectivity index (χ4n) is 3.37. The molecule has 168 valence electrons. The Morgan fingerprint density at radius 1 is 1.09 bits per heavy atom. The van der Waals surface area contributed by atoms with E-state index in [2.05, 4.69) is 0 Å². The quantitative estimate of drug-likeness (QED) is 0.209. The second-order valence-electron chi connectivity index (χ2n) is 7.46. The Bertz CT molecular complexity index is 1220. The first-order valence-corrected chi connectivity index (χ1v) is 10.3. The van der Waals surface area contributed by atoms with Gasteiger partial charge < -0.3 is 9.15 Å². The molecule has 1 aromatic carbocycles. The molecule has 0 radical (unpaired) electrons. The highest BCUT2D eigenvalue weighted by Crippen LogP contribution is 2.29. The van der Waals surface area contributed by atoms with E-state index >= 15 is 0 Å². The lowest BCUT2D eigenvalue weighted by Gasteiger charge is -2.27. The average molecular weight is 446 g/mol. The standard InChI is InChI=1S/C25H22N2O6/c1-15-21(24(30)27(25(31)22(15)14-26)11-4-12-32-17(3)29)13-20-9-10-23(33-20)19-7-5-18(6-8-19)16(2)28/h5-10,13H,4,11-12H2,1-3H3/b21-13+. The maximum atomic E-state index is 13.0. The number of ketones is 1. The van der Waals surface area contributed by atoms with Crippen molar-refractivity contribution in [3.63, 3.8) is 0 Å². The predicted octanol–water partition coefficient (Wildman–Crippen LogP) is 3.69. The van der Waals surface area contributed by atoms with Gasteiger partial charge in [-0.25, -0.2) is 0 Å². The van der Waals surface area contributed by atoms with Crippen LogP contribution in [0.15, 0.2) is 57.5 Å². The number of imide groups is 1. The van der Waals surface area contributed by atoms with Crippen LogP contribution in [0.2, 0.25) is 0 Å². The SMILES string of the molecule is CC(=O)OCCCN1C(=O)C(C#N)=C(C)/C(=C\c2ccc(-c3ccc(C(C)=O)cc3)o2)C1=O. The van der Waals surface area contributed by atoms with E-state index in [1.807, 2.05) is 6.07 Å². The van der Waals surface area contributed by atoms with E-state index in [-0.39, 0.29) is 42.1 Å². The molecule has 0 aliphatic carbocycles. The summed E-state index contributed by atoms with van der Waals surface area (Å²) in [5.74, 6) is -0.810. The smallest absolute Gasteiger partial charge is 0.302 e. The molecular weight excluding hydrogens is 424 g/mol. The Kier molecular flexibility index (Phi) is 7.04. The van der Waals surface area contributed by atoms with Crippen LogP contribution >= 0.6 is 0 Å². The Hall–Kier alpha value is -4.25. The molecule has 2 heterocycles. The van der Waals surface area contributed by atoms with Crippen molar-refractivity contribution in [3.05, 3.63) is 64.4 Å². The van der Waals surface area contributed by atoms with Crippen LogP contribution < -0.4 is 0 Å². The van der Waals surface area contributed by atoms with Crippen LogP contribution in [0.5, 0.6) is 0 Å². The Labute approximate surface area is 190 Å². The van der Waals surface area contributed by atoms with Crippen molar-refractivity contribution >= 4 is 29.6 Å². The van der Waals surface area contributed by atoms with E-state index in [0.29, 0.717) is 17.1 Å². The summed E-state index contributed by atoms with van der Waals surface area (Å²) >= 11 is 0. The fraction of sp³-hybridized carbons (Fsp3) is 0.240. The Morgan fingerprint density at radius 2 is 1.79 bits per heavy atom. The number of Topliss-reactive ketones (excluding diaryl/α,β-unsaturated/α-hetero) is 1. The van der Waals surface area contributed by atoms with Crippen LogP contribution in [0.4, 0.5) is 0 Å². The molecule has 1 aromatic heterocycles. The average Bonchev–Trinajstić information content (AvgIpc) is 3.25. The highest BCUT2D eigenvalue weighted by Gasteiger charge is 2.35. The zero-order valence-corrected chi connectivity index (χ0v) is 18.5. The first kappa shape index (κ1) is 23.4. The minimum atomic E-state index is -0.675. The summed E-state index contributed by atoms with van der Waals surface area (Å²) < 4.78 is 10.7. The second-order valence-corrected chi connectivity index (χ2v) is 7.46. The summed E-state index contributed by atoms with van der Waals surface area (Å²) in [6, 6.07) is 12.2. The lowest BCUT2D eigenvalue weighted by molar-refractivity contribution is -0.141. The third-order valence-corrected chi connectivity index (χ3v) is 5.15. The number of carbonyl (C=O) groups excluding carboxylic acids is 4. The van der Waals surface area contributed by atoms with Gasteiger partial charge in [0.15, 0.2) is 5.78 Å². The number of nitriles is 1. The number of hydrogen-bond donors (Lipinski definition) is 0. The molecule has 1 aliphatic heterocycles. The van der Waals surface area contributed by atoms with Gasteiger partial charge in [0.2, 0.25) is 0 Å². The summed E-state index contributed by atoms with van der Waals surface area (Å²) in [6.45, 7) is 4.36. The molecule has 8 nitrogen and oxygen atoms in total. The summed E-state index contributed by atoms with van der Waals surface area (Å²) in [4.78, 5) is 49.0. The minimum absolute atomic E-state index is 0.00660. The molecule has 0 atom stereocenters. The van der Waals surface area contributed by atoms with Crippen LogP contribution in [-0.2, 0) is 19.1 Å². The molecule has 0 unspecified atom stereocenters. The van der Waals surface area contributed by atoms with E-state index in [0.717, 1.165) is 10.5 Å². The number of hydrogen-bond acceptors (Lipinski definition) is 7. The number of furan rings is 1. The monoisotopic (exact) mass is 446 g/mol. The van der Waals surface area contributed by atoms with Crippen molar-refractivity contribution in [1.29, 1.82) is 5.26 Å². The number of rotatable bonds is 7. The largest absolute Gasteiger partial charge is 0.466 e. The molecule has 2 aromatic rings. The first-order valence-electron chi connectivity index (χ1n) is 10.3. The minimum Gasteiger partial charge on any atom is -0.466 e. The molecule has 8 heteroatoms. The normalized spacial score (nSPS) is 15.1. The number of nitrogens with zero attached hydrogens (tertiary/aromatic N) is 2. The molecule has 3 rings (SSSR count). The van der Waals surface area contributed by atoms with Gasteiger partial charge in [0, 0.05) is 30.2 Å². The molecule has 2 amide bonds. The van der Waals surface area contributed by atoms with Gasteiger partial charge >= 0.3 is 5.97 Å². The molecule has 0 spiro atoms. The van der Waals surface area contributed by atoms with E-state index in [1.54, 1.807) is 43.3 Å². The highest BCUT2D eigenvalue weighted by atomic mass is 16.5. The van der Waals surface area contributed by atoms with Gasteiger partial charge in [-0.2, -0.15) is 5.26 Å². The maximum absolute atomic E-state index is 13.0. The number of carbonyl (C=O) groups is 4. The summed E-state index contributed by atoms with van der Waals surface area (Å²) in [7, 11) is 0. The number of amides is 2. The van der Waals surface area contributed by atoms with E-state index in [4.69, 9.17) is 9.15 Å². The lowest BCUT2D eigenvalue weighted by Crippen LogP contribution is -2.43. The molecule has 0 fully saturated rings. The molecule has 0 saturated carbocycles. The van der Waals surface area contributed by atoms with E-state index in [9.17, 15) is 24.4 Å². The summed E-state index contributed by atoms with van der Waals surface area (Å²) in [6.07, 6.45) is 1.75. The van der Waals surface area contributed by atoms with Gasteiger partial charge in [-0.1, -0.05) is 24.3 Å².